The summed E-state index contributed by atoms with van der Waals surface area (Å²) in [6.45, 7) is 3.49. The maximum absolute atomic E-state index is 3.53. The van der Waals surface area contributed by atoms with Crippen molar-refractivity contribution < 1.29 is 0 Å². The molecule has 0 unspecified atom stereocenters. The van der Waals surface area contributed by atoms with Crippen molar-refractivity contribution in [3.63, 3.8) is 0 Å². The summed E-state index contributed by atoms with van der Waals surface area (Å²) >= 11 is 3.53. The van der Waals surface area contributed by atoms with Crippen LogP contribution in [0.3, 0.4) is 0 Å². The standard InChI is InChI=1S/C6H13N.CH4S/c1-6-4-2-3-5-7-6;1-2/h6-7H,2-5H2,1H3;2H,1H3/t6-;/m0./s1. The molecule has 56 valence electrons. The second-order valence-electron chi connectivity index (χ2n) is 2.35. The Morgan fingerprint density at radius 2 is 2.00 bits per heavy atom. The molecule has 1 fully saturated rings. The quantitative estimate of drug-likeness (QED) is 0.497. The van der Waals surface area contributed by atoms with E-state index in [4.69, 9.17) is 0 Å². The number of rotatable bonds is 0. The molecule has 0 saturated carbocycles. The first-order chi connectivity index (χ1) is 4.39. The zero-order valence-corrected chi connectivity index (χ0v) is 7.25. The minimum absolute atomic E-state index is 0.786. The molecule has 0 radical (unpaired) electrons. The summed E-state index contributed by atoms with van der Waals surface area (Å²) < 4.78 is 0. The Kier molecular flexibility index (Phi) is 6.65. The van der Waals surface area contributed by atoms with E-state index in [1.54, 1.807) is 6.26 Å². The van der Waals surface area contributed by atoms with Crippen LogP contribution in [0.1, 0.15) is 26.2 Å². The van der Waals surface area contributed by atoms with Crippen LogP contribution in [0.15, 0.2) is 0 Å². The molecule has 1 nitrogen and oxygen atoms in total. The Hall–Kier alpha value is 0.310. The molecule has 2 heteroatoms. The molecule has 0 aliphatic carbocycles. The lowest BCUT2D eigenvalue weighted by Crippen LogP contribution is -2.30. The van der Waals surface area contributed by atoms with Crippen LogP contribution in [0.5, 0.6) is 0 Å². The van der Waals surface area contributed by atoms with Crippen LogP contribution in [0.2, 0.25) is 0 Å². The molecular weight excluding hydrogens is 130 g/mol. The van der Waals surface area contributed by atoms with Crippen molar-refractivity contribution in [2.24, 2.45) is 0 Å². The Morgan fingerprint density at radius 3 is 2.22 bits per heavy atom. The lowest BCUT2D eigenvalue weighted by atomic mass is 10.1. The third-order valence-electron chi connectivity index (χ3n) is 1.56. The highest BCUT2D eigenvalue weighted by molar-refractivity contribution is 7.79. The van der Waals surface area contributed by atoms with Gasteiger partial charge in [-0.2, -0.15) is 12.6 Å². The maximum atomic E-state index is 3.53. The lowest BCUT2D eigenvalue weighted by molar-refractivity contribution is 0.425. The normalized spacial score (nSPS) is 26.3. The molecule has 1 aliphatic rings. The van der Waals surface area contributed by atoms with Gasteiger partial charge in [-0.05, 0) is 32.6 Å². The highest BCUT2D eigenvalue weighted by Gasteiger charge is 2.04. The van der Waals surface area contributed by atoms with Gasteiger partial charge in [0.25, 0.3) is 0 Å². The van der Waals surface area contributed by atoms with Crippen molar-refractivity contribution in [3.05, 3.63) is 0 Å². The first kappa shape index (κ1) is 9.31. The molecule has 0 aromatic carbocycles. The lowest BCUT2D eigenvalue weighted by Gasteiger charge is -2.18. The minimum atomic E-state index is 0.786. The van der Waals surface area contributed by atoms with Gasteiger partial charge in [-0.1, -0.05) is 6.42 Å². The number of thiol groups is 1. The van der Waals surface area contributed by atoms with Crippen molar-refractivity contribution in [1.82, 2.24) is 5.32 Å². The largest absolute Gasteiger partial charge is 0.314 e. The van der Waals surface area contributed by atoms with E-state index in [9.17, 15) is 0 Å². The molecule has 0 amide bonds. The third-order valence-corrected chi connectivity index (χ3v) is 1.56. The van der Waals surface area contributed by atoms with Crippen LogP contribution < -0.4 is 5.32 Å². The summed E-state index contributed by atoms with van der Waals surface area (Å²) in [7, 11) is 0. The summed E-state index contributed by atoms with van der Waals surface area (Å²) in [5.74, 6) is 0. The molecular formula is C7H17NS. The van der Waals surface area contributed by atoms with Gasteiger partial charge in [-0.3, -0.25) is 0 Å². The van der Waals surface area contributed by atoms with E-state index in [0.717, 1.165) is 6.04 Å². The Morgan fingerprint density at radius 1 is 1.33 bits per heavy atom. The highest BCUT2D eigenvalue weighted by atomic mass is 32.1. The summed E-state index contributed by atoms with van der Waals surface area (Å²) in [6, 6.07) is 0.786. The van der Waals surface area contributed by atoms with E-state index in [1.807, 2.05) is 0 Å². The van der Waals surface area contributed by atoms with E-state index in [2.05, 4.69) is 24.9 Å². The summed E-state index contributed by atoms with van der Waals surface area (Å²) in [6.07, 6.45) is 5.87. The summed E-state index contributed by atoms with van der Waals surface area (Å²) in [4.78, 5) is 0. The van der Waals surface area contributed by atoms with Gasteiger partial charge in [-0.15, -0.1) is 0 Å². The first-order valence-corrected chi connectivity index (χ1v) is 4.47. The van der Waals surface area contributed by atoms with Gasteiger partial charge in [0.1, 0.15) is 0 Å². The van der Waals surface area contributed by atoms with E-state index in [0.29, 0.717) is 0 Å². The Balaban J connectivity index is 0.000000291. The third kappa shape index (κ3) is 4.79. The second-order valence-corrected chi connectivity index (χ2v) is 2.35. The van der Waals surface area contributed by atoms with Crippen LogP contribution in [0.25, 0.3) is 0 Å². The molecule has 0 aromatic heterocycles. The topological polar surface area (TPSA) is 12.0 Å². The van der Waals surface area contributed by atoms with Gasteiger partial charge in [0.2, 0.25) is 0 Å². The van der Waals surface area contributed by atoms with E-state index in [-0.39, 0.29) is 0 Å². The van der Waals surface area contributed by atoms with Crippen molar-refractivity contribution in [2.45, 2.75) is 32.2 Å². The molecule has 1 atom stereocenters. The molecule has 1 aliphatic heterocycles. The van der Waals surface area contributed by atoms with Crippen molar-refractivity contribution >= 4 is 12.6 Å². The minimum Gasteiger partial charge on any atom is -0.314 e. The van der Waals surface area contributed by atoms with Crippen molar-refractivity contribution in [2.75, 3.05) is 12.8 Å². The summed E-state index contributed by atoms with van der Waals surface area (Å²) in [5, 5.41) is 3.38. The first-order valence-electron chi connectivity index (χ1n) is 3.58. The van der Waals surface area contributed by atoms with E-state index < -0.39 is 0 Å². The van der Waals surface area contributed by atoms with Gasteiger partial charge in [-0.25, -0.2) is 0 Å². The van der Waals surface area contributed by atoms with Gasteiger partial charge in [0.15, 0.2) is 0 Å². The molecule has 0 bridgehead atoms. The van der Waals surface area contributed by atoms with E-state index in [1.165, 1.54) is 25.8 Å². The van der Waals surface area contributed by atoms with Gasteiger partial charge < -0.3 is 5.32 Å². The Labute approximate surface area is 63.6 Å². The molecule has 1 saturated heterocycles. The smallest absolute Gasteiger partial charge is 0.00387 e. The zero-order chi connectivity index (χ0) is 7.11. The molecule has 1 N–H and O–H groups in total. The molecule has 1 rings (SSSR count). The zero-order valence-electron chi connectivity index (χ0n) is 6.35. The SMILES string of the molecule is CS.C[C@H]1CCCCN1. The van der Waals surface area contributed by atoms with Crippen LogP contribution in [-0.4, -0.2) is 18.8 Å². The molecule has 9 heavy (non-hydrogen) atoms. The average molecular weight is 147 g/mol. The van der Waals surface area contributed by atoms with Crippen LogP contribution in [0, 0.1) is 0 Å². The number of piperidine rings is 1. The fourth-order valence-corrected chi connectivity index (χ4v) is 1.03. The Bertz CT molecular complexity index is 50.9. The molecule has 1 heterocycles. The number of nitrogens with one attached hydrogen (secondary N) is 1. The fourth-order valence-electron chi connectivity index (χ4n) is 1.03. The van der Waals surface area contributed by atoms with Gasteiger partial charge in [0, 0.05) is 6.04 Å². The predicted molar refractivity (Wildman–Crippen MR) is 46.2 cm³/mol. The average Bonchev–Trinajstić information content (AvgIpc) is 1.94. The van der Waals surface area contributed by atoms with Gasteiger partial charge in [0.05, 0.1) is 0 Å². The van der Waals surface area contributed by atoms with Crippen LogP contribution in [-0.2, 0) is 0 Å². The predicted octanol–water partition coefficient (Wildman–Crippen LogP) is 1.69. The second kappa shape index (κ2) is 6.43. The van der Waals surface area contributed by atoms with E-state index >= 15 is 0 Å². The van der Waals surface area contributed by atoms with Crippen molar-refractivity contribution in [1.29, 1.82) is 0 Å². The molecule has 0 aromatic rings. The maximum Gasteiger partial charge on any atom is 0.00387 e. The fraction of sp³-hybridized carbons (Fsp3) is 1.00. The van der Waals surface area contributed by atoms with Crippen LogP contribution in [0.4, 0.5) is 0 Å². The summed E-state index contributed by atoms with van der Waals surface area (Å²) in [5.41, 5.74) is 0. The van der Waals surface area contributed by atoms with Crippen LogP contribution >= 0.6 is 12.6 Å². The number of hydrogen-bond acceptors (Lipinski definition) is 2. The highest BCUT2D eigenvalue weighted by Crippen LogP contribution is 2.04. The van der Waals surface area contributed by atoms with Crippen molar-refractivity contribution in [3.8, 4) is 0 Å². The van der Waals surface area contributed by atoms with Gasteiger partial charge >= 0.3 is 0 Å². The monoisotopic (exact) mass is 147 g/mol. The number of hydrogen-bond donors (Lipinski definition) is 2. The molecule has 0 spiro atoms.